The van der Waals surface area contributed by atoms with Crippen LogP contribution in [0.4, 0.5) is 0 Å². The predicted molar refractivity (Wildman–Crippen MR) is 59.9 cm³/mol. The number of hydrogen-bond donors (Lipinski definition) is 1. The van der Waals surface area contributed by atoms with Crippen molar-refractivity contribution in [3.63, 3.8) is 0 Å². The molecule has 3 heteroatoms. The van der Waals surface area contributed by atoms with Crippen molar-refractivity contribution in [2.24, 2.45) is 0 Å². The van der Waals surface area contributed by atoms with E-state index in [9.17, 15) is 0 Å². The monoisotopic (exact) mass is 213 g/mol. The Bertz CT molecular complexity index is 176. The van der Waals surface area contributed by atoms with Gasteiger partial charge in [0.05, 0.1) is 6.10 Å². The Labute approximate surface area is 92.4 Å². The van der Waals surface area contributed by atoms with E-state index in [1.165, 1.54) is 25.7 Å². The average Bonchev–Trinajstić information content (AvgIpc) is 2.97. The van der Waals surface area contributed by atoms with Crippen LogP contribution in [0.3, 0.4) is 0 Å². The highest BCUT2D eigenvalue weighted by Gasteiger charge is 2.31. The molecular formula is C12H23NO2. The summed E-state index contributed by atoms with van der Waals surface area (Å²) in [6, 6.07) is 0.827. The molecule has 1 saturated heterocycles. The van der Waals surface area contributed by atoms with Crippen molar-refractivity contribution in [2.75, 3.05) is 26.3 Å². The summed E-state index contributed by atoms with van der Waals surface area (Å²) in [5.74, 6) is 0. The molecule has 0 aromatic carbocycles. The quantitative estimate of drug-likeness (QED) is 0.649. The zero-order chi connectivity index (χ0) is 10.5. The number of ether oxygens (including phenoxy) is 1. The van der Waals surface area contributed by atoms with E-state index >= 15 is 0 Å². The third kappa shape index (κ3) is 3.74. The van der Waals surface area contributed by atoms with E-state index in [1.807, 2.05) is 0 Å². The predicted octanol–water partition coefficient (Wildman–Crippen LogP) is 1.40. The average molecular weight is 213 g/mol. The molecule has 3 nitrogen and oxygen atoms in total. The van der Waals surface area contributed by atoms with Gasteiger partial charge in [0, 0.05) is 25.8 Å². The van der Waals surface area contributed by atoms with E-state index in [1.54, 1.807) is 0 Å². The van der Waals surface area contributed by atoms with Crippen LogP contribution in [-0.2, 0) is 4.74 Å². The second-order valence-corrected chi connectivity index (χ2v) is 4.79. The second-order valence-electron chi connectivity index (χ2n) is 4.79. The Morgan fingerprint density at radius 2 is 2.07 bits per heavy atom. The fourth-order valence-corrected chi connectivity index (χ4v) is 2.34. The van der Waals surface area contributed by atoms with E-state index in [0.717, 1.165) is 38.6 Å². The molecule has 0 aromatic rings. The van der Waals surface area contributed by atoms with Gasteiger partial charge in [0.15, 0.2) is 0 Å². The van der Waals surface area contributed by atoms with Gasteiger partial charge >= 0.3 is 0 Å². The van der Waals surface area contributed by atoms with Gasteiger partial charge < -0.3 is 9.84 Å². The third-order valence-corrected chi connectivity index (χ3v) is 3.38. The first-order valence-electron chi connectivity index (χ1n) is 6.36. The number of nitrogens with zero attached hydrogens (tertiary/aromatic N) is 1. The summed E-state index contributed by atoms with van der Waals surface area (Å²) in [5, 5.41) is 8.77. The molecule has 0 radical (unpaired) electrons. The molecule has 1 heterocycles. The van der Waals surface area contributed by atoms with Crippen LogP contribution in [-0.4, -0.2) is 48.5 Å². The lowest BCUT2D eigenvalue weighted by Gasteiger charge is -2.24. The molecule has 2 fully saturated rings. The van der Waals surface area contributed by atoms with Crippen LogP contribution in [0.15, 0.2) is 0 Å². The van der Waals surface area contributed by atoms with Crippen LogP contribution in [0.1, 0.15) is 38.5 Å². The fourth-order valence-electron chi connectivity index (χ4n) is 2.34. The Morgan fingerprint density at radius 3 is 2.67 bits per heavy atom. The van der Waals surface area contributed by atoms with Gasteiger partial charge in [-0.2, -0.15) is 0 Å². The molecule has 1 N–H and O–H groups in total. The molecule has 1 unspecified atom stereocenters. The third-order valence-electron chi connectivity index (χ3n) is 3.38. The lowest BCUT2D eigenvalue weighted by molar-refractivity contribution is 0.0692. The molecule has 1 atom stereocenters. The van der Waals surface area contributed by atoms with Crippen molar-refractivity contribution in [1.82, 2.24) is 4.90 Å². The first kappa shape index (κ1) is 11.4. The maximum absolute atomic E-state index is 8.77. The van der Waals surface area contributed by atoms with E-state index in [4.69, 9.17) is 9.84 Å². The molecule has 0 amide bonds. The summed E-state index contributed by atoms with van der Waals surface area (Å²) in [4.78, 5) is 2.58. The number of unbranched alkanes of at least 4 members (excludes halogenated alkanes) is 1. The number of aliphatic hydroxyl groups excluding tert-OH is 1. The van der Waals surface area contributed by atoms with Crippen molar-refractivity contribution in [2.45, 2.75) is 50.7 Å². The molecule has 88 valence electrons. The summed E-state index contributed by atoms with van der Waals surface area (Å²) >= 11 is 0. The number of rotatable bonds is 7. The minimum atomic E-state index is 0.332. The Kier molecular flexibility index (Phi) is 4.42. The van der Waals surface area contributed by atoms with Gasteiger partial charge in [0.1, 0.15) is 0 Å². The zero-order valence-electron chi connectivity index (χ0n) is 9.53. The summed E-state index contributed by atoms with van der Waals surface area (Å²) in [6.07, 6.45) is 7.76. The molecule has 2 aliphatic rings. The van der Waals surface area contributed by atoms with Crippen LogP contribution in [0, 0.1) is 0 Å². The summed E-state index contributed by atoms with van der Waals surface area (Å²) < 4.78 is 5.68. The van der Waals surface area contributed by atoms with Crippen molar-refractivity contribution in [3.8, 4) is 0 Å². The normalized spacial score (nSPS) is 26.4. The summed E-state index contributed by atoms with van der Waals surface area (Å²) in [7, 11) is 0. The molecule has 0 bridgehead atoms. The molecular weight excluding hydrogens is 190 g/mol. The zero-order valence-corrected chi connectivity index (χ0v) is 9.53. The maximum Gasteiger partial charge on any atom is 0.0702 e. The van der Waals surface area contributed by atoms with Gasteiger partial charge in [-0.3, -0.25) is 4.90 Å². The maximum atomic E-state index is 8.77. The molecule has 1 saturated carbocycles. The van der Waals surface area contributed by atoms with Gasteiger partial charge in [-0.05, 0) is 45.1 Å². The first-order chi connectivity index (χ1) is 7.40. The Balaban J connectivity index is 1.68. The molecule has 15 heavy (non-hydrogen) atoms. The highest BCUT2D eigenvalue weighted by Crippen LogP contribution is 2.28. The minimum Gasteiger partial charge on any atom is -0.396 e. The van der Waals surface area contributed by atoms with Crippen LogP contribution < -0.4 is 0 Å². The van der Waals surface area contributed by atoms with Gasteiger partial charge in [-0.15, -0.1) is 0 Å². The lowest BCUT2D eigenvalue weighted by atomic mass is 10.2. The van der Waals surface area contributed by atoms with E-state index < -0.39 is 0 Å². The van der Waals surface area contributed by atoms with Gasteiger partial charge in [-0.1, -0.05) is 0 Å². The van der Waals surface area contributed by atoms with Crippen molar-refractivity contribution in [3.05, 3.63) is 0 Å². The van der Waals surface area contributed by atoms with Crippen LogP contribution >= 0.6 is 0 Å². The molecule has 0 aromatic heterocycles. The fraction of sp³-hybridized carbons (Fsp3) is 1.00. The highest BCUT2D eigenvalue weighted by molar-refractivity contribution is 4.86. The molecule has 0 spiro atoms. The summed E-state index contributed by atoms with van der Waals surface area (Å²) in [5.41, 5.74) is 0. The Morgan fingerprint density at radius 1 is 1.20 bits per heavy atom. The lowest BCUT2D eigenvalue weighted by Crippen LogP contribution is -2.34. The SMILES string of the molecule is OCCCCN(CC1CCCO1)C1CC1. The van der Waals surface area contributed by atoms with Crippen molar-refractivity contribution in [1.29, 1.82) is 0 Å². The molecule has 2 rings (SSSR count). The first-order valence-corrected chi connectivity index (χ1v) is 6.36. The van der Waals surface area contributed by atoms with E-state index in [2.05, 4.69) is 4.90 Å². The van der Waals surface area contributed by atoms with E-state index in [-0.39, 0.29) is 0 Å². The standard InChI is InChI=1S/C12H23NO2/c14-8-2-1-7-13(11-5-6-11)10-12-4-3-9-15-12/h11-12,14H,1-10H2. The summed E-state index contributed by atoms with van der Waals surface area (Å²) in [6.45, 7) is 3.55. The van der Waals surface area contributed by atoms with Crippen LogP contribution in [0.5, 0.6) is 0 Å². The van der Waals surface area contributed by atoms with Gasteiger partial charge in [0.2, 0.25) is 0 Å². The molecule has 1 aliphatic heterocycles. The van der Waals surface area contributed by atoms with Crippen molar-refractivity contribution >= 4 is 0 Å². The second kappa shape index (κ2) is 5.83. The topological polar surface area (TPSA) is 32.7 Å². The number of aliphatic hydroxyl groups is 1. The van der Waals surface area contributed by atoms with Crippen LogP contribution in [0.25, 0.3) is 0 Å². The smallest absolute Gasteiger partial charge is 0.0702 e. The van der Waals surface area contributed by atoms with Crippen molar-refractivity contribution < 1.29 is 9.84 Å². The van der Waals surface area contributed by atoms with E-state index in [0.29, 0.717) is 12.7 Å². The number of hydrogen-bond acceptors (Lipinski definition) is 3. The Hall–Kier alpha value is -0.120. The van der Waals surface area contributed by atoms with Gasteiger partial charge in [0.25, 0.3) is 0 Å². The van der Waals surface area contributed by atoms with Crippen LogP contribution in [0.2, 0.25) is 0 Å². The van der Waals surface area contributed by atoms with Gasteiger partial charge in [-0.25, -0.2) is 0 Å². The molecule has 1 aliphatic carbocycles. The largest absolute Gasteiger partial charge is 0.396 e. The minimum absolute atomic E-state index is 0.332. The highest BCUT2D eigenvalue weighted by atomic mass is 16.5.